The van der Waals surface area contributed by atoms with Crippen LogP contribution in [-0.4, -0.2) is 38.0 Å². The normalized spacial score (nSPS) is 11.8. The van der Waals surface area contributed by atoms with Crippen LogP contribution in [0.3, 0.4) is 0 Å². The summed E-state index contributed by atoms with van der Waals surface area (Å²) in [6.07, 6.45) is 3.47. The Morgan fingerprint density at radius 2 is 2.04 bits per heavy atom. The predicted molar refractivity (Wildman–Crippen MR) is 106 cm³/mol. The number of aromatic nitrogens is 4. The summed E-state index contributed by atoms with van der Waals surface area (Å²) in [5.41, 5.74) is 1.62. The topological polar surface area (TPSA) is 81.9 Å². The fourth-order valence-corrected chi connectivity index (χ4v) is 3.41. The quantitative estimate of drug-likeness (QED) is 0.629. The minimum atomic E-state index is -0.330. The van der Waals surface area contributed by atoms with E-state index in [-0.39, 0.29) is 11.2 Å². The second-order valence-corrected chi connectivity index (χ2v) is 7.08. The molecule has 0 spiro atoms. The molecule has 0 saturated carbocycles. The molecule has 0 unspecified atom stereocenters. The van der Waals surface area contributed by atoms with Crippen LogP contribution in [0, 0.1) is 0 Å². The standard InChI is InChI=1S/C19H21N5O2S/c1-4-24-17(14-6-5-11-20-12-14)22-23-19(24)27-13(2)18(25)21-15-7-9-16(26-3)10-8-15/h5-13H,4H2,1-3H3,(H,21,25)/t13-/m1/s1. The molecule has 1 aromatic carbocycles. The van der Waals surface area contributed by atoms with Gasteiger partial charge in [0.15, 0.2) is 11.0 Å². The molecule has 0 aliphatic rings. The zero-order valence-electron chi connectivity index (χ0n) is 15.4. The molecular formula is C19H21N5O2S. The summed E-state index contributed by atoms with van der Waals surface area (Å²) < 4.78 is 7.11. The van der Waals surface area contributed by atoms with Crippen LogP contribution in [0.5, 0.6) is 5.75 Å². The number of ether oxygens (including phenoxy) is 1. The van der Waals surface area contributed by atoms with E-state index in [0.717, 1.165) is 22.8 Å². The number of anilines is 1. The number of carbonyl (C=O) groups excluding carboxylic acids is 1. The third kappa shape index (κ3) is 4.46. The molecule has 0 aliphatic heterocycles. The molecule has 3 rings (SSSR count). The maximum Gasteiger partial charge on any atom is 0.237 e. The zero-order valence-corrected chi connectivity index (χ0v) is 16.2. The van der Waals surface area contributed by atoms with E-state index in [4.69, 9.17) is 4.74 Å². The van der Waals surface area contributed by atoms with E-state index in [0.29, 0.717) is 11.7 Å². The molecule has 3 aromatic rings. The van der Waals surface area contributed by atoms with Gasteiger partial charge in [0.2, 0.25) is 5.91 Å². The number of benzene rings is 1. The van der Waals surface area contributed by atoms with Crippen LogP contribution in [0.2, 0.25) is 0 Å². The van der Waals surface area contributed by atoms with Gasteiger partial charge in [0, 0.05) is 30.2 Å². The Labute approximate surface area is 162 Å². The Morgan fingerprint density at radius 1 is 1.26 bits per heavy atom. The van der Waals surface area contributed by atoms with E-state index in [1.54, 1.807) is 31.6 Å². The lowest BCUT2D eigenvalue weighted by molar-refractivity contribution is -0.115. The van der Waals surface area contributed by atoms with Gasteiger partial charge in [-0.3, -0.25) is 9.78 Å². The monoisotopic (exact) mass is 383 g/mol. The van der Waals surface area contributed by atoms with Gasteiger partial charge in [-0.05, 0) is 50.2 Å². The van der Waals surface area contributed by atoms with Crippen molar-refractivity contribution >= 4 is 23.4 Å². The minimum absolute atomic E-state index is 0.0984. The summed E-state index contributed by atoms with van der Waals surface area (Å²) >= 11 is 1.38. The Hall–Kier alpha value is -2.87. The molecule has 0 saturated heterocycles. The van der Waals surface area contributed by atoms with Crippen molar-refractivity contribution in [3.63, 3.8) is 0 Å². The molecule has 1 atom stereocenters. The number of amides is 1. The van der Waals surface area contributed by atoms with Crippen LogP contribution in [0.1, 0.15) is 13.8 Å². The van der Waals surface area contributed by atoms with E-state index in [1.807, 2.05) is 42.7 Å². The highest BCUT2D eigenvalue weighted by Gasteiger charge is 2.20. The highest BCUT2D eigenvalue weighted by atomic mass is 32.2. The van der Waals surface area contributed by atoms with Gasteiger partial charge in [-0.15, -0.1) is 10.2 Å². The lowest BCUT2D eigenvalue weighted by Crippen LogP contribution is -2.22. The van der Waals surface area contributed by atoms with E-state index in [2.05, 4.69) is 20.5 Å². The molecule has 27 heavy (non-hydrogen) atoms. The SMILES string of the molecule is CCn1c(S[C@H](C)C(=O)Nc2ccc(OC)cc2)nnc1-c1cccnc1. The molecule has 8 heteroatoms. The highest BCUT2D eigenvalue weighted by Crippen LogP contribution is 2.27. The average molecular weight is 383 g/mol. The summed E-state index contributed by atoms with van der Waals surface area (Å²) in [5.74, 6) is 1.39. The number of hydrogen-bond donors (Lipinski definition) is 1. The maximum atomic E-state index is 12.5. The molecule has 1 N–H and O–H groups in total. The highest BCUT2D eigenvalue weighted by molar-refractivity contribution is 8.00. The number of pyridine rings is 1. The molecule has 0 radical (unpaired) electrons. The number of methoxy groups -OCH3 is 1. The van der Waals surface area contributed by atoms with Gasteiger partial charge < -0.3 is 14.6 Å². The van der Waals surface area contributed by atoms with Crippen LogP contribution in [0.15, 0.2) is 53.9 Å². The molecule has 0 bridgehead atoms. The van der Waals surface area contributed by atoms with Crippen molar-refractivity contribution in [2.45, 2.75) is 30.8 Å². The van der Waals surface area contributed by atoms with E-state index >= 15 is 0 Å². The fraction of sp³-hybridized carbons (Fsp3) is 0.263. The number of rotatable bonds is 7. The van der Waals surface area contributed by atoms with Crippen molar-refractivity contribution in [3.05, 3.63) is 48.8 Å². The Morgan fingerprint density at radius 3 is 2.67 bits per heavy atom. The Kier molecular flexibility index (Phi) is 6.08. The Balaban J connectivity index is 1.70. The number of nitrogens with zero attached hydrogens (tertiary/aromatic N) is 4. The van der Waals surface area contributed by atoms with Gasteiger partial charge in [0.1, 0.15) is 5.75 Å². The summed E-state index contributed by atoms with van der Waals surface area (Å²) in [4.78, 5) is 16.7. The lowest BCUT2D eigenvalue weighted by Gasteiger charge is -2.13. The second kappa shape index (κ2) is 8.68. The summed E-state index contributed by atoms with van der Waals surface area (Å²) in [7, 11) is 1.61. The maximum absolute atomic E-state index is 12.5. The predicted octanol–water partition coefficient (Wildman–Crippen LogP) is 3.49. The molecule has 1 amide bonds. The van der Waals surface area contributed by atoms with Gasteiger partial charge >= 0.3 is 0 Å². The van der Waals surface area contributed by atoms with Crippen molar-refractivity contribution in [3.8, 4) is 17.1 Å². The van der Waals surface area contributed by atoms with Crippen molar-refractivity contribution < 1.29 is 9.53 Å². The summed E-state index contributed by atoms with van der Waals surface area (Å²) in [6.45, 7) is 4.57. The van der Waals surface area contributed by atoms with E-state index in [9.17, 15) is 4.79 Å². The molecule has 7 nitrogen and oxygen atoms in total. The van der Waals surface area contributed by atoms with Crippen molar-refractivity contribution in [1.82, 2.24) is 19.7 Å². The number of nitrogens with one attached hydrogen (secondary N) is 1. The van der Waals surface area contributed by atoms with Gasteiger partial charge in [-0.2, -0.15) is 0 Å². The molecule has 2 heterocycles. The first-order chi connectivity index (χ1) is 13.1. The van der Waals surface area contributed by atoms with Gasteiger partial charge in [-0.25, -0.2) is 0 Å². The van der Waals surface area contributed by atoms with Crippen LogP contribution in [0.25, 0.3) is 11.4 Å². The first-order valence-corrected chi connectivity index (χ1v) is 9.45. The summed E-state index contributed by atoms with van der Waals surface area (Å²) in [6, 6.07) is 11.0. The fourth-order valence-electron chi connectivity index (χ4n) is 2.50. The first kappa shape index (κ1) is 18.9. The smallest absolute Gasteiger partial charge is 0.237 e. The molecule has 140 valence electrons. The van der Waals surface area contributed by atoms with Gasteiger partial charge in [0.05, 0.1) is 12.4 Å². The molecular weight excluding hydrogens is 362 g/mol. The van der Waals surface area contributed by atoms with Crippen molar-refractivity contribution in [2.24, 2.45) is 0 Å². The third-order valence-corrected chi connectivity index (χ3v) is 5.04. The van der Waals surface area contributed by atoms with Crippen LogP contribution < -0.4 is 10.1 Å². The van der Waals surface area contributed by atoms with Crippen molar-refractivity contribution in [1.29, 1.82) is 0 Å². The average Bonchev–Trinajstić information content (AvgIpc) is 3.11. The zero-order chi connectivity index (χ0) is 19.2. The molecule has 0 fully saturated rings. The minimum Gasteiger partial charge on any atom is -0.497 e. The van der Waals surface area contributed by atoms with Gasteiger partial charge in [-0.1, -0.05) is 11.8 Å². The van der Waals surface area contributed by atoms with Crippen LogP contribution in [0.4, 0.5) is 5.69 Å². The lowest BCUT2D eigenvalue weighted by atomic mass is 10.3. The number of hydrogen-bond acceptors (Lipinski definition) is 6. The number of thioether (sulfide) groups is 1. The van der Waals surface area contributed by atoms with Gasteiger partial charge in [0.25, 0.3) is 0 Å². The van der Waals surface area contributed by atoms with Crippen molar-refractivity contribution in [2.75, 3.05) is 12.4 Å². The molecule has 0 aliphatic carbocycles. The molecule has 2 aromatic heterocycles. The second-order valence-electron chi connectivity index (χ2n) is 5.77. The third-order valence-electron chi connectivity index (χ3n) is 3.96. The van der Waals surface area contributed by atoms with Crippen LogP contribution in [-0.2, 0) is 11.3 Å². The van der Waals surface area contributed by atoms with Crippen LogP contribution >= 0.6 is 11.8 Å². The first-order valence-electron chi connectivity index (χ1n) is 8.57. The summed E-state index contributed by atoms with van der Waals surface area (Å²) in [5, 5.41) is 11.8. The Bertz CT molecular complexity index is 896. The van der Waals surface area contributed by atoms with E-state index < -0.39 is 0 Å². The van der Waals surface area contributed by atoms with E-state index in [1.165, 1.54) is 11.8 Å². The number of carbonyl (C=O) groups is 1. The largest absolute Gasteiger partial charge is 0.497 e.